The molecule has 0 atom stereocenters. The van der Waals surface area contributed by atoms with E-state index in [-0.39, 0.29) is 5.82 Å². The Balaban J connectivity index is 1.90. The first-order valence-corrected chi connectivity index (χ1v) is 7.89. The summed E-state index contributed by atoms with van der Waals surface area (Å²) < 4.78 is 18.8. The lowest BCUT2D eigenvalue weighted by Crippen LogP contribution is -2.11. The van der Waals surface area contributed by atoms with Gasteiger partial charge in [0.25, 0.3) is 0 Å². The number of hydrogen-bond acceptors (Lipinski definition) is 3. The van der Waals surface area contributed by atoms with E-state index in [0.29, 0.717) is 16.9 Å². The highest BCUT2D eigenvalue weighted by molar-refractivity contribution is 6.14. The van der Waals surface area contributed by atoms with Gasteiger partial charge in [-0.3, -0.25) is 0 Å². The summed E-state index contributed by atoms with van der Waals surface area (Å²) in [6.45, 7) is 1.70. The van der Waals surface area contributed by atoms with Gasteiger partial charge in [-0.1, -0.05) is 36.4 Å². The van der Waals surface area contributed by atoms with E-state index in [1.807, 2.05) is 48.5 Å². The van der Waals surface area contributed by atoms with Gasteiger partial charge in [-0.2, -0.15) is 0 Å². The molecule has 4 heteroatoms. The van der Waals surface area contributed by atoms with Crippen molar-refractivity contribution in [1.29, 1.82) is 0 Å². The highest BCUT2D eigenvalue weighted by atomic mass is 19.1. The highest BCUT2D eigenvalue weighted by Gasteiger charge is 2.18. The molecule has 0 bridgehead atoms. The second-order valence-electron chi connectivity index (χ2n) is 5.82. The molecule has 0 aliphatic carbocycles. The molecule has 25 heavy (non-hydrogen) atoms. The van der Waals surface area contributed by atoms with E-state index in [1.54, 1.807) is 6.92 Å². The molecule has 0 aliphatic rings. The third kappa shape index (κ3) is 2.72. The van der Waals surface area contributed by atoms with Crippen LogP contribution in [0.2, 0.25) is 0 Å². The number of fused-ring (bicyclic) bond motifs is 2. The maximum atomic E-state index is 13.3. The number of hydrogen-bond donors (Lipinski definition) is 0. The van der Waals surface area contributed by atoms with E-state index in [1.165, 1.54) is 18.2 Å². The Morgan fingerprint density at radius 1 is 0.920 bits per heavy atom. The van der Waals surface area contributed by atoms with Gasteiger partial charge in [-0.05, 0) is 42.8 Å². The van der Waals surface area contributed by atoms with Crippen LogP contribution in [0.5, 0.6) is 5.75 Å². The van der Waals surface area contributed by atoms with Crippen molar-refractivity contribution < 1.29 is 13.9 Å². The number of carbonyl (C=O) groups is 1. The molecule has 0 N–H and O–H groups in total. The van der Waals surface area contributed by atoms with Crippen molar-refractivity contribution in [1.82, 2.24) is 4.98 Å². The minimum Gasteiger partial charge on any atom is -0.423 e. The van der Waals surface area contributed by atoms with E-state index in [9.17, 15) is 9.18 Å². The molecule has 3 nitrogen and oxygen atoms in total. The lowest BCUT2D eigenvalue weighted by Gasteiger charge is -2.12. The van der Waals surface area contributed by atoms with E-state index < -0.39 is 5.97 Å². The standard InChI is InChI=1S/C21H14FNO2/c1-13-12-14(22)10-11-19(13)25-21(24)20-15-6-2-4-8-17(15)23-18-9-5-3-7-16(18)20/h2-12H,1H3. The third-order valence-corrected chi connectivity index (χ3v) is 4.13. The maximum Gasteiger partial charge on any atom is 0.344 e. The fourth-order valence-electron chi connectivity index (χ4n) is 2.94. The Kier molecular flexibility index (Phi) is 3.65. The first kappa shape index (κ1) is 15.3. The minimum atomic E-state index is -0.482. The van der Waals surface area contributed by atoms with Crippen LogP contribution >= 0.6 is 0 Å². The number of aryl methyl sites for hydroxylation is 1. The minimum absolute atomic E-state index is 0.344. The molecule has 4 aromatic rings. The monoisotopic (exact) mass is 331 g/mol. The molecule has 4 rings (SSSR count). The van der Waals surface area contributed by atoms with Crippen LogP contribution in [-0.2, 0) is 0 Å². The van der Waals surface area contributed by atoms with Gasteiger partial charge in [0, 0.05) is 10.8 Å². The van der Waals surface area contributed by atoms with Crippen LogP contribution in [0.3, 0.4) is 0 Å². The number of aromatic nitrogens is 1. The van der Waals surface area contributed by atoms with E-state index in [4.69, 9.17) is 4.74 Å². The number of benzene rings is 3. The number of para-hydroxylation sites is 2. The molecule has 0 aliphatic heterocycles. The molecular formula is C21H14FNO2. The van der Waals surface area contributed by atoms with Gasteiger partial charge in [0.1, 0.15) is 11.6 Å². The fraction of sp³-hybridized carbons (Fsp3) is 0.0476. The van der Waals surface area contributed by atoms with Gasteiger partial charge >= 0.3 is 5.97 Å². The third-order valence-electron chi connectivity index (χ3n) is 4.13. The molecule has 1 aromatic heterocycles. The van der Waals surface area contributed by atoms with Gasteiger partial charge in [-0.15, -0.1) is 0 Å². The molecule has 0 radical (unpaired) electrons. The van der Waals surface area contributed by atoms with Gasteiger partial charge in [-0.25, -0.2) is 14.2 Å². The number of halogens is 1. The molecule has 0 saturated carbocycles. The summed E-state index contributed by atoms with van der Waals surface area (Å²) >= 11 is 0. The average Bonchev–Trinajstić information content (AvgIpc) is 2.62. The average molecular weight is 331 g/mol. The second kappa shape index (κ2) is 5.98. The van der Waals surface area contributed by atoms with Crippen molar-refractivity contribution in [2.75, 3.05) is 0 Å². The molecule has 122 valence electrons. The van der Waals surface area contributed by atoms with Crippen molar-refractivity contribution in [2.45, 2.75) is 6.92 Å². The van der Waals surface area contributed by atoms with E-state index >= 15 is 0 Å². The van der Waals surface area contributed by atoms with Gasteiger partial charge in [0.15, 0.2) is 0 Å². The van der Waals surface area contributed by atoms with Crippen LogP contribution in [0.15, 0.2) is 66.7 Å². The van der Waals surface area contributed by atoms with Crippen LogP contribution in [0.4, 0.5) is 4.39 Å². The number of pyridine rings is 1. The summed E-state index contributed by atoms with van der Waals surface area (Å²) in [4.78, 5) is 17.5. The van der Waals surface area contributed by atoms with Crippen LogP contribution in [0.25, 0.3) is 21.8 Å². The number of esters is 1. The van der Waals surface area contributed by atoms with Crippen molar-refractivity contribution in [3.8, 4) is 5.75 Å². The zero-order valence-corrected chi connectivity index (χ0v) is 13.5. The summed E-state index contributed by atoms with van der Waals surface area (Å²) in [7, 11) is 0. The summed E-state index contributed by atoms with van der Waals surface area (Å²) in [5, 5.41) is 1.46. The molecule has 0 saturated heterocycles. The normalized spacial score (nSPS) is 11.0. The highest BCUT2D eigenvalue weighted by Crippen LogP contribution is 2.28. The summed E-state index contributed by atoms with van der Waals surface area (Å²) in [5.41, 5.74) is 2.48. The molecule has 0 spiro atoms. The zero-order chi connectivity index (χ0) is 17.4. The number of ether oxygens (including phenoxy) is 1. The van der Waals surface area contributed by atoms with Crippen LogP contribution in [0, 0.1) is 12.7 Å². The number of carbonyl (C=O) groups excluding carboxylic acids is 1. The molecule has 0 amide bonds. The first-order chi connectivity index (χ1) is 12.1. The maximum absolute atomic E-state index is 13.3. The zero-order valence-electron chi connectivity index (χ0n) is 13.5. The van der Waals surface area contributed by atoms with Gasteiger partial charge in [0.2, 0.25) is 0 Å². The molecular weight excluding hydrogens is 317 g/mol. The fourth-order valence-corrected chi connectivity index (χ4v) is 2.94. The molecule has 1 heterocycles. The van der Waals surface area contributed by atoms with Gasteiger partial charge < -0.3 is 4.74 Å². The first-order valence-electron chi connectivity index (χ1n) is 7.89. The van der Waals surface area contributed by atoms with Crippen molar-refractivity contribution in [2.24, 2.45) is 0 Å². The SMILES string of the molecule is Cc1cc(F)ccc1OC(=O)c1c2ccccc2nc2ccccc12. The Morgan fingerprint density at radius 2 is 1.52 bits per heavy atom. The second-order valence-corrected chi connectivity index (χ2v) is 5.82. The Hall–Kier alpha value is -3.27. The van der Waals surface area contributed by atoms with Crippen molar-refractivity contribution in [3.63, 3.8) is 0 Å². The quantitative estimate of drug-likeness (QED) is 0.293. The van der Waals surface area contributed by atoms with Crippen molar-refractivity contribution in [3.05, 3.63) is 83.7 Å². The smallest absolute Gasteiger partial charge is 0.344 e. The molecule has 0 fully saturated rings. The van der Waals surface area contributed by atoms with E-state index in [2.05, 4.69) is 4.98 Å². The number of rotatable bonds is 2. The molecule has 0 unspecified atom stereocenters. The Bertz CT molecular complexity index is 1070. The Morgan fingerprint density at radius 3 is 2.12 bits per heavy atom. The predicted molar refractivity (Wildman–Crippen MR) is 95.3 cm³/mol. The van der Waals surface area contributed by atoms with Crippen LogP contribution < -0.4 is 4.74 Å². The lowest BCUT2D eigenvalue weighted by atomic mass is 10.0. The topological polar surface area (TPSA) is 39.2 Å². The van der Waals surface area contributed by atoms with Crippen LogP contribution in [0.1, 0.15) is 15.9 Å². The Labute approximate surface area is 143 Å². The number of nitrogens with zero attached hydrogens (tertiary/aromatic N) is 1. The van der Waals surface area contributed by atoms with E-state index in [0.717, 1.165) is 21.8 Å². The lowest BCUT2D eigenvalue weighted by molar-refractivity contribution is 0.0737. The largest absolute Gasteiger partial charge is 0.423 e. The molecule has 3 aromatic carbocycles. The van der Waals surface area contributed by atoms with Crippen molar-refractivity contribution >= 4 is 27.8 Å². The summed E-state index contributed by atoms with van der Waals surface area (Å²) in [6, 6.07) is 19.0. The summed E-state index contributed by atoms with van der Waals surface area (Å²) in [5.74, 6) is -0.502. The van der Waals surface area contributed by atoms with Gasteiger partial charge in [0.05, 0.1) is 16.6 Å². The van der Waals surface area contributed by atoms with Crippen LogP contribution in [-0.4, -0.2) is 11.0 Å². The summed E-state index contributed by atoms with van der Waals surface area (Å²) in [6.07, 6.45) is 0. The predicted octanol–water partition coefficient (Wildman–Crippen LogP) is 5.05.